The third kappa shape index (κ3) is 5.00. The Labute approximate surface area is 198 Å². The van der Waals surface area contributed by atoms with Gasteiger partial charge in [0.15, 0.2) is 5.50 Å². The molecule has 3 atom stereocenters. The molecule has 5 rings (SSSR count). The maximum Gasteiger partial charge on any atom is 0.416 e. The van der Waals surface area contributed by atoms with E-state index in [1.54, 1.807) is 12.1 Å². The van der Waals surface area contributed by atoms with Crippen molar-refractivity contribution in [3.8, 4) is 0 Å². The number of halogens is 3. The molecule has 1 saturated carbocycles. The highest BCUT2D eigenvalue weighted by Crippen LogP contribution is 2.64. The average Bonchev–Trinajstić information content (AvgIpc) is 3.15. The zero-order valence-electron chi connectivity index (χ0n) is 19.2. The van der Waals surface area contributed by atoms with Crippen LogP contribution in [0.25, 0.3) is 0 Å². The smallest absolute Gasteiger partial charge is 0.331 e. The Morgan fingerprint density at radius 2 is 1.94 bits per heavy atom. The van der Waals surface area contributed by atoms with E-state index in [1.165, 1.54) is 18.0 Å². The van der Waals surface area contributed by atoms with Gasteiger partial charge in [0.2, 0.25) is 0 Å². The second kappa shape index (κ2) is 9.30. The first-order valence-electron chi connectivity index (χ1n) is 12.1. The Balaban J connectivity index is 1.02. The van der Waals surface area contributed by atoms with E-state index < -0.39 is 11.7 Å². The Kier molecular flexibility index (Phi) is 6.57. The molecule has 4 aliphatic rings. The van der Waals surface area contributed by atoms with Gasteiger partial charge >= 0.3 is 6.18 Å². The summed E-state index contributed by atoms with van der Waals surface area (Å²) in [4.78, 5) is 4.86. The predicted molar refractivity (Wildman–Crippen MR) is 127 cm³/mol. The van der Waals surface area contributed by atoms with Crippen molar-refractivity contribution in [2.75, 3.05) is 45.5 Å². The second-order valence-corrected chi connectivity index (χ2v) is 11.3. The molecule has 3 aliphatic heterocycles. The molecule has 33 heavy (non-hydrogen) atoms. The molecule has 0 amide bonds. The highest BCUT2D eigenvalue weighted by molar-refractivity contribution is 7.99. The number of amidine groups is 1. The van der Waals surface area contributed by atoms with Gasteiger partial charge < -0.3 is 15.1 Å². The third-order valence-corrected chi connectivity index (χ3v) is 9.16. The second-order valence-electron chi connectivity index (χ2n) is 10.1. The molecule has 5 nitrogen and oxygen atoms in total. The van der Waals surface area contributed by atoms with Gasteiger partial charge in [0.1, 0.15) is 5.84 Å². The van der Waals surface area contributed by atoms with E-state index in [4.69, 9.17) is 0 Å². The fourth-order valence-electron chi connectivity index (χ4n) is 5.85. The lowest BCUT2D eigenvalue weighted by atomic mass is 9.96. The van der Waals surface area contributed by atoms with Gasteiger partial charge in [0.05, 0.1) is 5.56 Å². The van der Waals surface area contributed by atoms with E-state index in [1.807, 2.05) is 11.8 Å². The standard InChI is InChI=1S/C24H34F3N5S/c1-31-21(18-7-10-28-11-8-18)29-30-22(31)33-14-2-12-32-13-9-23(16-32)15-20(23)17-3-5-19(6-4-17)24(25,26)27/h3-6,18,20,22,28,30H,2,7-16H2,1H3/t20-,22?,23+/m1/s1. The van der Waals surface area contributed by atoms with Crippen molar-refractivity contribution < 1.29 is 13.2 Å². The molecule has 1 aromatic carbocycles. The van der Waals surface area contributed by atoms with Crippen molar-refractivity contribution in [2.45, 2.75) is 49.7 Å². The lowest BCUT2D eigenvalue weighted by molar-refractivity contribution is -0.137. The number of alkyl halides is 3. The first kappa shape index (κ1) is 23.3. The zero-order valence-corrected chi connectivity index (χ0v) is 20.0. The number of nitrogens with one attached hydrogen (secondary N) is 2. The normalized spacial score (nSPS) is 30.7. The predicted octanol–water partition coefficient (Wildman–Crippen LogP) is 4.14. The minimum atomic E-state index is -4.26. The van der Waals surface area contributed by atoms with Crippen LogP contribution >= 0.6 is 11.8 Å². The van der Waals surface area contributed by atoms with Gasteiger partial charge in [-0.15, -0.1) is 11.8 Å². The number of rotatable bonds is 7. The van der Waals surface area contributed by atoms with Crippen LogP contribution in [0.1, 0.15) is 49.1 Å². The van der Waals surface area contributed by atoms with Crippen LogP contribution in [-0.2, 0) is 6.18 Å². The summed E-state index contributed by atoms with van der Waals surface area (Å²) < 4.78 is 38.5. The summed E-state index contributed by atoms with van der Waals surface area (Å²) in [5.41, 5.74) is 4.35. The van der Waals surface area contributed by atoms with Crippen molar-refractivity contribution in [3.63, 3.8) is 0 Å². The molecular formula is C24H34F3N5S. The third-order valence-electron chi connectivity index (χ3n) is 7.90. The molecule has 2 N–H and O–H groups in total. The van der Waals surface area contributed by atoms with E-state index in [9.17, 15) is 13.2 Å². The monoisotopic (exact) mass is 481 g/mol. The Hall–Kier alpha value is -1.45. The highest BCUT2D eigenvalue weighted by Gasteiger charge is 2.57. The first-order chi connectivity index (χ1) is 15.9. The Morgan fingerprint density at radius 1 is 1.18 bits per heavy atom. The number of hydrazone groups is 1. The minimum Gasteiger partial charge on any atom is -0.331 e. The molecular weight excluding hydrogens is 447 g/mol. The number of piperidine rings is 1. The minimum absolute atomic E-state index is 0.229. The number of nitrogens with zero attached hydrogens (tertiary/aromatic N) is 3. The SMILES string of the molecule is CN1C(C2CCNCC2)=NNC1SCCCN1CC[C@]2(C[C@@H]2c2ccc(C(F)(F)F)cc2)C1. The van der Waals surface area contributed by atoms with E-state index in [0.717, 1.165) is 76.1 Å². The quantitative estimate of drug-likeness (QED) is 0.573. The average molecular weight is 482 g/mol. The van der Waals surface area contributed by atoms with Crippen LogP contribution < -0.4 is 10.7 Å². The molecule has 182 valence electrons. The molecule has 0 bridgehead atoms. The van der Waals surface area contributed by atoms with Gasteiger partial charge in [-0.05, 0) is 93.1 Å². The molecule has 2 saturated heterocycles. The highest BCUT2D eigenvalue weighted by atomic mass is 32.2. The topological polar surface area (TPSA) is 42.9 Å². The van der Waals surface area contributed by atoms with Gasteiger partial charge in [-0.3, -0.25) is 5.43 Å². The summed E-state index contributed by atoms with van der Waals surface area (Å²) in [5, 5.41) is 8.05. The van der Waals surface area contributed by atoms with E-state index in [0.29, 0.717) is 11.8 Å². The molecule has 9 heteroatoms. The molecule has 0 radical (unpaired) electrons. The maximum atomic E-state index is 12.8. The lowest BCUT2D eigenvalue weighted by Crippen LogP contribution is -2.41. The van der Waals surface area contributed by atoms with Crippen LogP contribution in [0.3, 0.4) is 0 Å². The van der Waals surface area contributed by atoms with Gasteiger partial charge in [-0.1, -0.05) is 12.1 Å². The van der Waals surface area contributed by atoms with E-state index >= 15 is 0 Å². The molecule has 3 heterocycles. The fourth-order valence-corrected chi connectivity index (χ4v) is 6.83. The zero-order chi connectivity index (χ0) is 23.1. The summed E-state index contributed by atoms with van der Waals surface area (Å²) in [6.07, 6.45) is 1.47. The first-order valence-corrected chi connectivity index (χ1v) is 13.2. The lowest BCUT2D eigenvalue weighted by Gasteiger charge is -2.29. The van der Waals surface area contributed by atoms with Gasteiger partial charge in [0, 0.05) is 19.5 Å². The van der Waals surface area contributed by atoms with Crippen molar-refractivity contribution in [2.24, 2.45) is 16.4 Å². The van der Waals surface area contributed by atoms with Crippen LogP contribution in [0, 0.1) is 11.3 Å². The Bertz CT molecular complexity index is 855. The van der Waals surface area contributed by atoms with Crippen LogP contribution in [0.15, 0.2) is 29.4 Å². The van der Waals surface area contributed by atoms with E-state index in [-0.39, 0.29) is 10.9 Å². The number of hydrogen-bond donors (Lipinski definition) is 2. The summed E-state index contributed by atoms with van der Waals surface area (Å²) in [5.74, 6) is 3.27. The summed E-state index contributed by atoms with van der Waals surface area (Å²) in [7, 11) is 2.15. The van der Waals surface area contributed by atoms with E-state index in [2.05, 4.69) is 32.7 Å². The Morgan fingerprint density at radius 3 is 2.67 bits per heavy atom. The molecule has 1 aliphatic carbocycles. The van der Waals surface area contributed by atoms with Crippen LogP contribution in [0.2, 0.25) is 0 Å². The maximum absolute atomic E-state index is 12.8. The molecule has 1 unspecified atom stereocenters. The number of likely N-dealkylation sites (tertiary alicyclic amines) is 1. The number of hydrogen-bond acceptors (Lipinski definition) is 6. The number of thioether (sulfide) groups is 1. The van der Waals surface area contributed by atoms with Gasteiger partial charge in [-0.2, -0.15) is 18.3 Å². The molecule has 1 aromatic rings. The largest absolute Gasteiger partial charge is 0.416 e. The van der Waals surface area contributed by atoms with Crippen LogP contribution in [0.5, 0.6) is 0 Å². The van der Waals surface area contributed by atoms with Crippen molar-refractivity contribution in [1.82, 2.24) is 20.5 Å². The summed E-state index contributed by atoms with van der Waals surface area (Å²) >= 11 is 1.93. The fraction of sp³-hybridized carbons (Fsp3) is 0.708. The van der Waals surface area contributed by atoms with Crippen LogP contribution in [-0.4, -0.2) is 66.7 Å². The molecule has 0 aromatic heterocycles. The van der Waals surface area contributed by atoms with Gasteiger partial charge in [0.25, 0.3) is 0 Å². The van der Waals surface area contributed by atoms with Crippen molar-refractivity contribution in [3.05, 3.63) is 35.4 Å². The van der Waals surface area contributed by atoms with Gasteiger partial charge in [-0.25, -0.2) is 0 Å². The molecule has 3 fully saturated rings. The molecule has 1 spiro atoms. The van der Waals surface area contributed by atoms with Crippen LogP contribution in [0.4, 0.5) is 13.2 Å². The van der Waals surface area contributed by atoms with Crippen molar-refractivity contribution in [1.29, 1.82) is 0 Å². The number of benzene rings is 1. The van der Waals surface area contributed by atoms with Crippen molar-refractivity contribution >= 4 is 17.6 Å². The summed E-state index contributed by atoms with van der Waals surface area (Å²) in [6.45, 7) is 5.42. The summed E-state index contributed by atoms with van der Waals surface area (Å²) in [6, 6.07) is 5.85.